The molecule has 0 unspecified atom stereocenters. The lowest BCUT2D eigenvalue weighted by molar-refractivity contribution is -0.127. The van der Waals surface area contributed by atoms with Gasteiger partial charge in [-0.1, -0.05) is 87.7 Å². The summed E-state index contributed by atoms with van der Waals surface area (Å²) in [6, 6.07) is 19.0. The summed E-state index contributed by atoms with van der Waals surface area (Å²) in [5.41, 5.74) is 1.55. The van der Waals surface area contributed by atoms with Gasteiger partial charge in [-0.3, -0.25) is 0 Å². The molecule has 0 aliphatic rings. The zero-order valence-electron chi connectivity index (χ0n) is 15.3. The van der Waals surface area contributed by atoms with Crippen LogP contribution < -0.4 is 4.74 Å². The molecule has 2 aromatic rings. The van der Waals surface area contributed by atoms with E-state index in [1.807, 2.05) is 54.6 Å². The molecule has 0 heterocycles. The molecule has 0 amide bonds. The van der Waals surface area contributed by atoms with Gasteiger partial charge in [0.1, 0.15) is 5.75 Å². The van der Waals surface area contributed by atoms with Crippen LogP contribution in [0.15, 0.2) is 66.7 Å². The van der Waals surface area contributed by atoms with E-state index in [0.29, 0.717) is 11.3 Å². The highest BCUT2D eigenvalue weighted by atomic mass is 16.5. The fourth-order valence-corrected chi connectivity index (χ4v) is 2.71. The minimum absolute atomic E-state index is 0.292. The predicted octanol–water partition coefficient (Wildman–Crippen LogP) is 6.28. The Morgan fingerprint density at radius 3 is 2.20 bits per heavy atom. The second-order valence-corrected chi connectivity index (χ2v) is 6.72. The molecule has 25 heavy (non-hydrogen) atoms. The number of carbonyl (C=O) groups excluding carboxylic acids is 1. The summed E-state index contributed by atoms with van der Waals surface area (Å²) in [4.78, 5) is 12.6. The van der Waals surface area contributed by atoms with E-state index < -0.39 is 0 Å². The summed E-state index contributed by atoms with van der Waals surface area (Å²) in [7, 11) is 0. The molecule has 2 aromatic carbocycles. The number of unbranched alkanes of at least 4 members (excludes halogenated alkanes) is 3. The number of esters is 1. The van der Waals surface area contributed by atoms with Gasteiger partial charge in [0.25, 0.3) is 0 Å². The van der Waals surface area contributed by atoms with Crippen LogP contribution in [0.5, 0.6) is 5.75 Å². The first-order chi connectivity index (χ1) is 12.2. The van der Waals surface area contributed by atoms with Crippen LogP contribution in [-0.4, -0.2) is 5.97 Å². The number of benzene rings is 2. The third kappa shape index (κ3) is 6.96. The van der Waals surface area contributed by atoms with E-state index in [9.17, 15) is 4.79 Å². The molecule has 0 aliphatic carbocycles. The van der Waals surface area contributed by atoms with Gasteiger partial charge in [0.05, 0.1) is 5.57 Å². The van der Waals surface area contributed by atoms with E-state index in [1.54, 1.807) is 12.1 Å². The van der Waals surface area contributed by atoms with Crippen LogP contribution in [-0.2, 0) is 4.79 Å². The van der Waals surface area contributed by atoms with Crippen molar-refractivity contribution in [3.8, 4) is 5.75 Å². The van der Waals surface area contributed by atoms with Gasteiger partial charge in [0.2, 0.25) is 0 Å². The van der Waals surface area contributed by atoms with Gasteiger partial charge in [-0.15, -0.1) is 0 Å². The first-order valence-corrected chi connectivity index (χ1v) is 9.19. The summed E-state index contributed by atoms with van der Waals surface area (Å²) in [6.07, 6.45) is 7.74. The van der Waals surface area contributed by atoms with E-state index >= 15 is 0 Å². The molecular formula is C23H28O2. The van der Waals surface area contributed by atoms with Crippen molar-refractivity contribution in [3.63, 3.8) is 0 Å². The summed E-state index contributed by atoms with van der Waals surface area (Å²) < 4.78 is 5.53. The predicted molar refractivity (Wildman–Crippen MR) is 104 cm³/mol. The third-order valence-corrected chi connectivity index (χ3v) is 4.09. The maximum Gasteiger partial charge on any atom is 0.343 e. The van der Waals surface area contributed by atoms with Crippen LogP contribution in [0.25, 0.3) is 5.57 Å². The van der Waals surface area contributed by atoms with Crippen molar-refractivity contribution < 1.29 is 9.53 Å². The largest absolute Gasteiger partial charge is 0.423 e. The minimum Gasteiger partial charge on any atom is -0.423 e. The standard InChI is InChI=1S/C23H28O2/c1-19(2)13-7-3-4-12-18-22(20-14-8-5-9-15-20)23(24)25-21-16-10-6-11-17-21/h5-6,8-11,14-19H,3-4,7,12-13H2,1-2H3. The van der Waals surface area contributed by atoms with Gasteiger partial charge in [0, 0.05) is 0 Å². The normalized spacial score (nSPS) is 11.6. The average molecular weight is 336 g/mol. The zero-order valence-corrected chi connectivity index (χ0v) is 15.3. The van der Waals surface area contributed by atoms with Crippen molar-refractivity contribution in [2.45, 2.75) is 46.0 Å². The van der Waals surface area contributed by atoms with Crippen LogP contribution in [0.4, 0.5) is 0 Å². The molecule has 0 saturated heterocycles. The van der Waals surface area contributed by atoms with E-state index in [0.717, 1.165) is 24.3 Å². The molecule has 0 spiro atoms. The molecule has 2 heteroatoms. The van der Waals surface area contributed by atoms with Crippen LogP contribution in [0.1, 0.15) is 51.5 Å². The molecule has 0 atom stereocenters. The molecule has 0 aliphatic heterocycles. The molecular weight excluding hydrogens is 308 g/mol. The van der Waals surface area contributed by atoms with Crippen LogP contribution in [0, 0.1) is 5.92 Å². The number of para-hydroxylation sites is 1. The number of ether oxygens (including phenoxy) is 1. The first-order valence-electron chi connectivity index (χ1n) is 9.19. The van der Waals surface area contributed by atoms with E-state index in [4.69, 9.17) is 4.74 Å². The van der Waals surface area contributed by atoms with E-state index in [1.165, 1.54) is 19.3 Å². The molecule has 0 N–H and O–H groups in total. The van der Waals surface area contributed by atoms with Crippen molar-refractivity contribution in [2.75, 3.05) is 0 Å². The van der Waals surface area contributed by atoms with Crippen molar-refractivity contribution in [1.29, 1.82) is 0 Å². The topological polar surface area (TPSA) is 26.3 Å². The van der Waals surface area contributed by atoms with Crippen LogP contribution >= 0.6 is 0 Å². The fourth-order valence-electron chi connectivity index (χ4n) is 2.71. The number of hydrogen-bond acceptors (Lipinski definition) is 2. The summed E-state index contributed by atoms with van der Waals surface area (Å²) >= 11 is 0. The maximum atomic E-state index is 12.6. The van der Waals surface area contributed by atoms with Crippen molar-refractivity contribution >= 4 is 11.5 Å². The molecule has 2 rings (SSSR count). The highest BCUT2D eigenvalue weighted by molar-refractivity contribution is 6.17. The summed E-state index contributed by atoms with van der Waals surface area (Å²) in [5.74, 6) is 1.04. The molecule has 0 radical (unpaired) electrons. The number of rotatable bonds is 9. The highest BCUT2D eigenvalue weighted by Crippen LogP contribution is 2.20. The zero-order chi connectivity index (χ0) is 17.9. The van der Waals surface area contributed by atoms with Crippen molar-refractivity contribution in [1.82, 2.24) is 0 Å². The summed E-state index contributed by atoms with van der Waals surface area (Å²) in [5, 5.41) is 0. The highest BCUT2D eigenvalue weighted by Gasteiger charge is 2.14. The smallest absolute Gasteiger partial charge is 0.343 e. The van der Waals surface area contributed by atoms with Gasteiger partial charge in [-0.05, 0) is 36.5 Å². The summed E-state index contributed by atoms with van der Waals surface area (Å²) in [6.45, 7) is 4.51. The number of carbonyl (C=O) groups is 1. The van der Waals surface area contributed by atoms with Gasteiger partial charge >= 0.3 is 5.97 Å². The molecule has 0 aromatic heterocycles. The lowest BCUT2D eigenvalue weighted by atomic mass is 10.0. The minimum atomic E-state index is -0.292. The molecule has 0 fully saturated rings. The van der Waals surface area contributed by atoms with Gasteiger partial charge in [-0.2, -0.15) is 0 Å². The maximum absolute atomic E-state index is 12.6. The Morgan fingerprint density at radius 2 is 1.56 bits per heavy atom. The van der Waals surface area contributed by atoms with Crippen LogP contribution in [0.3, 0.4) is 0 Å². The van der Waals surface area contributed by atoms with E-state index in [2.05, 4.69) is 13.8 Å². The van der Waals surface area contributed by atoms with E-state index in [-0.39, 0.29) is 5.97 Å². The lowest BCUT2D eigenvalue weighted by Gasteiger charge is -2.09. The van der Waals surface area contributed by atoms with Crippen molar-refractivity contribution in [2.24, 2.45) is 5.92 Å². The Hall–Kier alpha value is -2.35. The Kier molecular flexibility index (Phi) is 7.97. The van der Waals surface area contributed by atoms with Gasteiger partial charge < -0.3 is 4.74 Å². The van der Waals surface area contributed by atoms with Crippen molar-refractivity contribution in [3.05, 3.63) is 72.3 Å². The third-order valence-electron chi connectivity index (χ3n) is 4.09. The Balaban J connectivity index is 2.00. The SMILES string of the molecule is CC(C)CCCCCC=C(C(=O)Oc1ccccc1)c1ccccc1. The van der Waals surface area contributed by atoms with Crippen LogP contribution in [0.2, 0.25) is 0 Å². The quantitative estimate of drug-likeness (QED) is 0.233. The number of allylic oxidation sites excluding steroid dienone is 1. The lowest BCUT2D eigenvalue weighted by Crippen LogP contribution is -2.10. The molecule has 0 saturated carbocycles. The monoisotopic (exact) mass is 336 g/mol. The second-order valence-electron chi connectivity index (χ2n) is 6.72. The number of hydrogen-bond donors (Lipinski definition) is 0. The molecule has 2 nitrogen and oxygen atoms in total. The average Bonchev–Trinajstić information content (AvgIpc) is 2.62. The Morgan fingerprint density at radius 1 is 0.920 bits per heavy atom. The fraction of sp³-hybridized carbons (Fsp3) is 0.348. The molecule has 132 valence electrons. The Bertz CT molecular complexity index is 657. The first kappa shape index (κ1) is 19.0. The molecule has 0 bridgehead atoms. The van der Waals surface area contributed by atoms with Gasteiger partial charge in [-0.25, -0.2) is 4.79 Å². The van der Waals surface area contributed by atoms with Gasteiger partial charge in [0.15, 0.2) is 0 Å². The Labute approximate surface area is 151 Å². The second kappa shape index (κ2) is 10.5.